The summed E-state index contributed by atoms with van der Waals surface area (Å²) in [5.41, 5.74) is 7.46. The molecule has 3 nitrogen and oxygen atoms in total. The van der Waals surface area contributed by atoms with Gasteiger partial charge in [-0.25, -0.2) is 4.98 Å². The third-order valence-electron chi connectivity index (χ3n) is 3.99. The highest BCUT2D eigenvalue weighted by Crippen LogP contribution is 2.37. The van der Waals surface area contributed by atoms with Gasteiger partial charge >= 0.3 is 0 Å². The molecule has 2 rings (SSSR count). The van der Waals surface area contributed by atoms with Crippen LogP contribution >= 0.6 is 0 Å². The molecule has 0 saturated heterocycles. The number of aromatic nitrogens is 2. The number of nitrogens with two attached hydrogens (primary N) is 1. The summed E-state index contributed by atoms with van der Waals surface area (Å²) >= 11 is 0. The zero-order valence-corrected chi connectivity index (χ0v) is 11.4. The average Bonchev–Trinajstić information content (AvgIpc) is 2.65. The fourth-order valence-electron chi connectivity index (χ4n) is 2.96. The van der Waals surface area contributed by atoms with Gasteiger partial charge in [-0.2, -0.15) is 0 Å². The van der Waals surface area contributed by atoms with E-state index in [2.05, 4.69) is 16.5 Å². The molecular formula is C14H25N3. The minimum atomic E-state index is -0.304. The summed E-state index contributed by atoms with van der Waals surface area (Å²) in [4.78, 5) is 4.27. The smallest absolute Gasteiger partial charge is 0.0948 e. The number of hydrogen-bond donors (Lipinski definition) is 1. The quantitative estimate of drug-likeness (QED) is 0.875. The second kappa shape index (κ2) is 4.45. The minimum absolute atomic E-state index is 0.304. The Hall–Kier alpha value is -0.830. The Bertz CT molecular complexity index is 367. The first-order valence-electron chi connectivity index (χ1n) is 6.70. The number of rotatable bonds is 3. The minimum Gasteiger partial charge on any atom is -0.332 e. The van der Waals surface area contributed by atoms with Crippen LogP contribution in [0.4, 0.5) is 0 Å². The van der Waals surface area contributed by atoms with Crippen LogP contribution in [0.5, 0.6) is 0 Å². The van der Waals surface area contributed by atoms with Gasteiger partial charge in [-0.15, -0.1) is 0 Å². The lowest BCUT2D eigenvalue weighted by molar-refractivity contribution is 0.179. The highest BCUT2D eigenvalue weighted by molar-refractivity contribution is 5.10. The molecule has 1 saturated carbocycles. The van der Waals surface area contributed by atoms with Crippen LogP contribution in [0.3, 0.4) is 0 Å². The SMILES string of the molecule is CC1(Cn2cncc2C(C)(C)N)CCCCC1. The van der Waals surface area contributed by atoms with Gasteiger partial charge in [-0.1, -0.05) is 26.2 Å². The van der Waals surface area contributed by atoms with Crippen molar-refractivity contribution in [1.29, 1.82) is 0 Å². The molecule has 96 valence electrons. The van der Waals surface area contributed by atoms with Crippen LogP contribution in [-0.2, 0) is 12.1 Å². The molecule has 0 amide bonds. The van der Waals surface area contributed by atoms with Crippen molar-refractivity contribution in [3.8, 4) is 0 Å². The Morgan fingerprint density at radius 2 is 2.00 bits per heavy atom. The van der Waals surface area contributed by atoms with Gasteiger partial charge in [0.2, 0.25) is 0 Å². The highest BCUT2D eigenvalue weighted by atomic mass is 15.1. The van der Waals surface area contributed by atoms with Gasteiger partial charge in [0.15, 0.2) is 0 Å². The van der Waals surface area contributed by atoms with Crippen LogP contribution in [0.15, 0.2) is 12.5 Å². The normalized spacial score (nSPS) is 20.5. The summed E-state index contributed by atoms with van der Waals surface area (Å²) in [6.45, 7) is 7.55. The van der Waals surface area contributed by atoms with Gasteiger partial charge in [0.05, 0.1) is 17.6 Å². The van der Waals surface area contributed by atoms with Gasteiger partial charge in [-0.05, 0) is 32.1 Å². The van der Waals surface area contributed by atoms with Crippen molar-refractivity contribution in [2.45, 2.75) is 65.0 Å². The van der Waals surface area contributed by atoms with Crippen molar-refractivity contribution in [3.63, 3.8) is 0 Å². The Labute approximate surface area is 104 Å². The molecule has 1 heterocycles. The summed E-state index contributed by atoms with van der Waals surface area (Å²) < 4.78 is 2.26. The van der Waals surface area contributed by atoms with Crippen LogP contribution < -0.4 is 5.73 Å². The maximum absolute atomic E-state index is 6.19. The van der Waals surface area contributed by atoms with Gasteiger partial charge in [0.1, 0.15) is 0 Å². The molecule has 1 aliphatic carbocycles. The molecule has 1 aliphatic rings. The van der Waals surface area contributed by atoms with Crippen molar-refractivity contribution in [2.24, 2.45) is 11.1 Å². The molecule has 1 aromatic heterocycles. The summed E-state index contributed by atoms with van der Waals surface area (Å²) in [6.07, 6.45) is 10.6. The van der Waals surface area contributed by atoms with Crippen LogP contribution in [0, 0.1) is 5.41 Å². The van der Waals surface area contributed by atoms with E-state index in [0.717, 1.165) is 12.2 Å². The zero-order valence-electron chi connectivity index (χ0n) is 11.4. The first-order valence-corrected chi connectivity index (χ1v) is 6.70. The lowest BCUT2D eigenvalue weighted by Gasteiger charge is -2.35. The maximum Gasteiger partial charge on any atom is 0.0948 e. The maximum atomic E-state index is 6.19. The van der Waals surface area contributed by atoms with E-state index in [1.165, 1.54) is 32.1 Å². The third kappa shape index (κ3) is 2.89. The summed E-state index contributed by atoms with van der Waals surface area (Å²) in [7, 11) is 0. The van der Waals surface area contributed by atoms with Gasteiger partial charge in [-0.3, -0.25) is 0 Å². The topological polar surface area (TPSA) is 43.8 Å². The van der Waals surface area contributed by atoms with E-state index in [4.69, 9.17) is 5.73 Å². The predicted octanol–water partition coefficient (Wildman–Crippen LogP) is 3.05. The van der Waals surface area contributed by atoms with E-state index in [-0.39, 0.29) is 5.54 Å². The van der Waals surface area contributed by atoms with Crippen molar-refractivity contribution in [2.75, 3.05) is 0 Å². The molecule has 1 aromatic rings. The Morgan fingerprint density at radius 3 is 2.59 bits per heavy atom. The van der Waals surface area contributed by atoms with E-state index in [9.17, 15) is 0 Å². The molecule has 0 atom stereocenters. The second-order valence-corrected chi connectivity index (χ2v) is 6.50. The van der Waals surface area contributed by atoms with Crippen molar-refractivity contribution in [1.82, 2.24) is 9.55 Å². The standard InChI is InChI=1S/C14H25N3/c1-13(2,15)12-9-16-11-17(12)10-14(3)7-5-4-6-8-14/h9,11H,4-8,10,15H2,1-3H3. The second-order valence-electron chi connectivity index (χ2n) is 6.50. The van der Waals surface area contributed by atoms with E-state index in [1.54, 1.807) is 0 Å². The lowest BCUT2D eigenvalue weighted by atomic mass is 9.75. The van der Waals surface area contributed by atoms with Crippen LogP contribution in [0.2, 0.25) is 0 Å². The van der Waals surface area contributed by atoms with Crippen LogP contribution in [0.1, 0.15) is 58.6 Å². The average molecular weight is 235 g/mol. The number of imidazole rings is 1. The molecule has 0 aromatic carbocycles. The molecule has 0 radical (unpaired) electrons. The lowest BCUT2D eigenvalue weighted by Crippen LogP contribution is -2.34. The molecule has 0 spiro atoms. The largest absolute Gasteiger partial charge is 0.332 e. The molecular weight excluding hydrogens is 210 g/mol. The Balaban J connectivity index is 2.16. The van der Waals surface area contributed by atoms with Gasteiger partial charge < -0.3 is 10.3 Å². The fourth-order valence-corrected chi connectivity index (χ4v) is 2.96. The van der Waals surface area contributed by atoms with Crippen LogP contribution in [-0.4, -0.2) is 9.55 Å². The fraction of sp³-hybridized carbons (Fsp3) is 0.786. The molecule has 1 fully saturated rings. The van der Waals surface area contributed by atoms with Crippen molar-refractivity contribution in [3.05, 3.63) is 18.2 Å². The number of nitrogens with zero attached hydrogens (tertiary/aromatic N) is 2. The Kier molecular flexibility index (Phi) is 3.30. The monoisotopic (exact) mass is 235 g/mol. The first kappa shape index (κ1) is 12.6. The Morgan fingerprint density at radius 1 is 1.35 bits per heavy atom. The van der Waals surface area contributed by atoms with Gasteiger partial charge in [0, 0.05) is 12.7 Å². The van der Waals surface area contributed by atoms with Crippen LogP contribution in [0.25, 0.3) is 0 Å². The summed E-state index contributed by atoms with van der Waals surface area (Å²) in [6, 6.07) is 0. The van der Waals surface area contributed by atoms with Crippen molar-refractivity contribution >= 4 is 0 Å². The molecule has 0 unspecified atom stereocenters. The summed E-state index contributed by atoms with van der Waals surface area (Å²) in [5.74, 6) is 0. The molecule has 0 aliphatic heterocycles. The third-order valence-corrected chi connectivity index (χ3v) is 3.99. The molecule has 17 heavy (non-hydrogen) atoms. The van der Waals surface area contributed by atoms with Crippen molar-refractivity contribution < 1.29 is 0 Å². The number of hydrogen-bond acceptors (Lipinski definition) is 2. The zero-order chi connectivity index (χ0) is 12.5. The van der Waals surface area contributed by atoms with E-state index < -0.39 is 0 Å². The molecule has 0 bridgehead atoms. The van der Waals surface area contributed by atoms with Gasteiger partial charge in [0.25, 0.3) is 0 Å². The predicted molar refractivity (Wildman–Crippen MR) is 70.6 cm³/mol. The molecule has 3 heteroatoms. The highest BCUT2D eigenvalue weighted by Gasteiger charge is 2.29. The first-order chi connectivity index (χ1) is 7.91. The van der Waals surface area contributed by atoms with E-state index in [0.29, 0.717) is 5.41 Å². The summed E-state index contributed by atoms with van der Waals surface area (Å²) in [5, 5.41) is 0. The molecule has 2 N–H and O–H groups in total. The van der Waals surface area contributed by atoms with E-state index >= 15 is 0 Å². The van der Waals surface area contributed by atoms with E-state index in [1.807, 2.05) is 26.4 Å².